The largest absolute Gasteiger partial charge is 0.396 e. The normalized spacial score (nSPS) is 39.5. The smallest absolute Gasteiger partial charge is 0.251 e. The summed E-state index contributed by atoms with van der Waals surface area (Å²) in [5.41, 5.74) is 3.37. The van der Waals surface area contributed by atoms with Crippen LogP contribution in [0.15, 0.2) is 36.4 Å². The highest BCUT2D eigenvalue weighted by molar-refractivity contribution is 5.94. The molecule has 3 saturated carbocycles. The van der Waals surface area contributed by atoms with E-state index in [-0.39, 0.29) is 35.4 Å². The minimum atomic E-state index is -0.306. The van der Waals surface area contributed by atoms with E-state index < -0.39 is 0 Å². The van der Waals surface area contributed by atoms with Gasteiger partial charge < -0.3 is 15.5 Å². The molecule has 0 aromatic heterocycles. The van der Waals surface area contributed by atoms with Crippen LogP contribution in [0.4, 0.5) is 0 Å². The lowest BCUT2D eigenvalue weighted by Crippen LogP contribution is -2.53. The highest BCUT2D eigenvalue weighted by Gasteiger charge is 2.56. The average molecular weight is 440 g/mol. The maximum Gasteiger partial charge on any atom is 0.251 e. The Hall–Kier alpha value is -1.65. The van der Waals surface area contributed by atoms with Gasteiger partial charge in [0.15, 0.2) is 0 Å². The molecule has 3 aliphatic rings. The van der Waals surface area contributed by atoms with Gasteiger partial charge in [-0.05, 0) is 98.5 Å². The molecule has 0 aliphatic heterocycles. The number of allylic oxidation sites excluding steroid dienone is 1. The lowest BCUT2D eigenvalue weighted by molar-refractivity contribution is -0.0928. The van der Waals surface area contributed by atoms with Crippen molar-refractivity contribution < 1.29 is 15.0 Å². The number of rotatable bonds is 5. The van der Waals surface area contributed by atoms with Gasteiger partial charge in [-0.25, -0.2) is 0 Å². The molecule has 3 aliphatic carbocycles. The highest BCUT2D eigenvalue weighted by Crippen LogP contribution is 2.63. The van der Waals surface area contributed by atoms with Crippen LogP contribution in [0.5, 0.6) is 0 Å². The summed E-state index contributed by atoms with van der Waals surface area (Å²) >= 11 is 0. The lowest BCUT2D eigenvalue weighted by atomic mass is 9.49. The van der Waals surface area contributed by atoms with E-state index in [0.29, 0.717) is 36.3 Å². The van der Waals surface area contributed by atoms with Crippen LogP contribution >= 0.6 is 0 Å². The quantitative estimate of drug-likeness (QED) is 0.573. The number of aryl methyl sites for hydroxylation is 1. The second-order valence-corrected chi connectivity index (χ2v) is 11.4. The Morgan fingerprint density at radius 3 is 2.53 bits per heavy atom. The highest BCUT2D eigenvalue weighted by atomic mass is 16.3. The Balaban J connectivity index is 1.60. The van der Waals surface area contributed by atoms with E-state index in [4.69, 9.17) is 0 Å². The van der Waals surface area contributed by atoms with E-state index in [1.165, 1.54) is 5.57 Å². The molecule has 1 aromatic carbocycles. The van der Waals surface area contributed by atoms with E-state index in [0.717, 1.165) is 44.1 Å². The summed E-state index contributed by atoms with van der Waals surface area (Å²) in [5.74, 6) is 1.40. The summed E-state index contributed by atoms with van der Waals surface area (Å²) in [4.78, 5) is 13.0. The fourth-order valence-electron chi connectivity index (χ4n) is 7.48. The van der Waals surface area contributed by atoms with Crippen LogP contribution in [0.1, 0.15) is 74.7 Å². The summed E-state index contributed by atoms with van der Waals surface area (Å²) in [5, 5.41) is 23.8. The molecular weight excluding hydrogens is 398 g/mol. The molecule has 4 nitrogen and oxygen atoms in total. The summed E-state index contributed by atoms with van der Waals surface area (Å²) in [6, 6.07) is 7.76. The number of carbonyl (C=O) groups is 1. The molecule has 4 rings (SSSR count). The Bertz CT molecular complexity index is 849. The molecule has 0 heterocycles. The maximum atomic E-state index is 13.0. The van der Waals surface area contributed by atoms with E-state index in [2.05, 4.69) is 25.7 Å². The van der Waals surface area contributed by atoms with Crippen LogP contribution in [0.25, 0.3) is 0 Å². The van der Waals surface area contributed by atoms with Crippen LogP contribution in [-0.2, 0) is 0 Å². The van der Waals surface area contributed by atoms with Crippen LogP contribution in [-0.4, -0.2) is 35.4 Å². The van der Waals surface area contributed by atoms with Crippen LogP contribution in [0.3, 0.4) is 0 Å². The number of hydrogen-bond acceptors (Lipinski definition) is 3. The molecular formula is C28H41NO3. The number of amides is 1. The van der Waals surface area contributed by atoms with Crippen molar-refractivity contribution in [3.05, 3.63) is 47.5 Å². The third-order valence-electron chi connectivity index (χ3n) is 9.78. The summed E-state index contributed by atoms with van der Waals surface area (Å²) < 4.78 is 0. The van der Waals surface area contributed by atoms with E-state index >= 15 is 0 Å². The first-order chi connectivity index (χ1) is 15.2. The third kappa shape index (κ3) is 4.05. The van der Waals surface area contributed by atoms with E-state index in [1.807, 2.05) is 31.2 Å². The molecule has 32 heavy (non-hydrogen) atoms. The van der Waals surface area contributed by atoms with Gasteiger partial charge in [0.05, 0.1) is 6.10 Å². The zero-order valence-electron chi connectivity index (χ0n) is 20.1. The Morgan fingerprint density at radius 2 is 1.84 bits per heavy atom. The zero-order valence-corrected chi connectivity index (χ0v) is 20.1. The van der Waals surface area contributed by atoms with Gasteiger partial charge in [0.2, 0.25) is 0 Å². The first kappa shape index (κ1) is 23.5. The number of benzene rings is 1. The number of nitrogens with one attached hydrogen (secondary N) is 1. The van der Waals surface area contributed by atoms with Crippen LogP contribution < -0.4 is 5.32 Å². The van der Waals surface area contributed by atoms with Gasteiger partial charge in [0.25, 0.3) is 5.91 Å². The average Bonchev–Trinajstić information content (AvgIpc) is 3.08. The Kier molecular flexibility index (Phi) is 6.57. The molecule has 0 unspecified atom stereocenters. The van der Waals surface area contributed by atoms with Gasteiger partial charge in [-0.1, -0.05) is 43.7 Å². The van der Waals surface area contributed by atoms with E-state index in [9.17, 15) is 15.0 Å². The van der Waals surface area contributed by atoms with Crippen molar-refractivity contribution in [3.8, 4) is 0 Å². The van der Waals surface area contributed by atoms with Crippen LogP contribution in [0.2, 0.25) is 0 Å². The first-order valence-electron chi connectivity index (χ1n) is 12.5. The fraction of sp³-hybridized carbons (Fsp3) is 0.679. The summed E-state index contributed by atoms with van der Waals surface area (Å²) in [6.45, 7) is 12.0. The van der Waals surface area contributed by atoms with Crippen molar-refractivity contribution in [1.82, 2.24) is 5.32 Å². The maximum absolute atomic E-state index is 13.0. The van der Waals surface area contributed by atoms with Gasteiger partial charge in [-0.15, -0.1) is 0 Å². The number of hydrogen-bond donors (Lipinski definition) is 3. The van der Waals surface area contributed by atoms with Gasteiger partial charge in [-0.2, -0.15) is 0 Å². The Labute approximate surface area is 193 Å². The molecule has 1 amide bonds. The molecule has 0 bridgehead atoms. The zero-order chi connectivity index (χ0) is 23.1. The molecule has 0 saturated heterocycles. The standard InChI is InChI=1S/C28H41NO3/c1-18-5-8-20(9-6-18)26(32)29-16-23-24-10-7-19(2)27(24,3)14-12-25(23)28(4)13-11-22(31)15-21(28)17-30/h5-6,8-9,21-25,30-31H,2,7,10-17H2,1,3-4H3,(H,29,32)/t21-,22+,23+,24+,25+,27-,28+/m1/s1. The van der Waals surface area contributed by atoms with Crippen molar-refractivity contribution in [2.45, 2.75) is 71.8 Å². The number of aliphatic hydroxyl groups is 2. The molecule has 0 spiro atoms. The lowest BCUT2D eigenvalue weighted by Gasteiger charge is -2.56. The molecule has 1 aromatic rings. The van der Waals surface area contributed by atoms with Gasteiger partial charge in [0, 0.05) is 18.7 Å². The SMILES string of the molecule is C=C1CC[C@H]2[C@H](CNC(=O)c3ccc(C)cc3)[C@@H]([C@@]3(C)CC[C@H](O)C[C@@H]3CO)CC[C@]12C. The number of carbonyl (C=O) groups excluding carboxylic acids is 1. The minimum absolute atomic E-state index is 0.00391. The molecule has 3 fully saturated rings. The number of aliphatic hydroxyl groups excluding tert-OH is 2. The minimum Gasteiger partial charge on any atom is -0.396 e. The first-order valence-corrected chi connectivity index (χ1v) is 12.5. The topological polar surface area (TPSA) is 69.6 Å². The molecule has 4 heteroatoms. The second-order valence-electron chi connectivity index (χ2n) is 11.4. The van der Waals surface area contributed by atoms with Crippen molar-refractivity contribution in [3.63, 3.8) is 0 Å². The van der Waals surface area contributed by atoms with Crippen molar-refractivity contribution in [1.29, 1.82) is 0 Å². The van der Waals surface area contributed by atoms with Crippen LogP contribution in [0, 0.1) is 41.4 Å². The molecule has 176 valence electrons. The monoisotopic (exact) mass is 439 g/mol. The predicted octanol–water partition coefficient (Wildman–Crippen LogP) is 4.88. The molecule has 3 N–H and O–H groups in total. The summed E-state index contributed by atoms with van der Waals surface area (Å²) in [6.07, 6.45) is 6.58. The third-order valence-corrected chi connectivity index (χ3v) is 9.78. The van der Waals surface area contributed by atoms with Gasteiger partial charge in [-0.3, -0.25) is 4.79 Å². The second kappa shape index (κ2) is 8.95. The van der Waals surface area contributed by atoms with Crippen molar-refractivity contribution in [2.75, 3.05) is 13.2 Å². The predicted molar refractivity (Wildman–Crippen MR) is 128 cm³/mol. The van der Waals surface area contributed by atoms with Gasteiger partial charge in [0.1, 0.15) is 0 Å². The number of fused-ring (bicyclic) bond motifs is 1. The molecule has 7 atom stereocenters. The van der Waals surface area contributed by atoms with Crippen molar-refractivity contribution >= 4 is 5.91 Å². The van der Waals surface area contributed by atoms with Crippen molar-refractivity contribution in [2.24, 2.45) is 34.5 Å². The summed E-state index contributed by atoms with van der Waals surface area (Å²) in [7, 11) is 0. The van der Waals surface area contributed by atoms with E-state index in [1.54, 1.807) is 0 Å². The Morgan fingerprint density at radius 1 is 1.12 bits per heavy atom. The van der Waals surface area contributed by atoms with Gasteiger partial charge >= 0.3 is 0 Å². The molecule has 0 radical (unpaired) electrons. The fourth-order valence-corrected chi connectivity index (χ4v) is 7.48.